The summed E-state index contributed by atoms with van der Waals surface area (Å²) in [4.78, 5) is 18.7. The van der Waals surface area contributed by atoms with Crippen LogP contribution < -0.4 is 5.32 Å². The second-order valence-electron chi connectivity index (χ2n) is 7.68. The van der Waals surface area contributed by atoms with Gasteiger partial charge in [-0.3, -0.25) is 9.79 Å². The Labute approximate surface area is 151 Å². The van der Waals surface area contributed by atoms with Crippen molar-refractivity contribution in [3.63, 3.8) is 0 Å². The second kappa shape index (κ2) is 7.36. The van der Waals surface area contributed by atoms with Gasteiger partial charge in [0.05, 0.1) is 5.92 Å². The largest absolute Gasteiger partial charge is 0.460 e. The molecule has 1 saturated carbocycles. The fourth-order valence-corrected chi connectivity index (χ4v) is 2.55. The summed E-state index contributed by atoms with van der Waals surface area (Å²) in [7, 11) is 1.80. The van der Waals surface area contributed by atoms with E-state index in [4.69, 9.17) is 4.74 Å². The number of rotatable bonds is 3. The van der Waals surface area contributed by atoms with Gasteiger partial charge in [0.2, 0.25) is 0 Å². The third kappa shape index (κ3) is 5.59. The molecule has 0 spiro atoms. The van der Waals surface area contributed by atoms with Crippen LogP contribution in [0.15, 0.2) is 4.99 Å². The molecule has 5 nitrogen and oxygen atoms in total. The summed E-state index contributed by atoms with van der Waals surface area (Å²) in [6.45, 7) is 10.6. The standard InChI is InChI=1S/C16H29N3O2.HI/c1-15(2,3)21-13(20)12-6-9-19(10-12)14(17-5)18-11-16(4)7-8-16;/h12H,6-11H2,1-5H3,(H,17,18);1H. The summed E-state index contributed by atoms with van der Waals surface area (Å²) in [5.74, 6) is 0.781. The monoisotopic (exact) mass is 423 g/mol. The van der Waals surface area contributed by atoms with Gasteiger partial charge in [-0.15, -0.1) is 24.0 Å². The van der Waals surface area contributed by atoms with E-state index in [-0.39, 0.29) is 35.9 Å². The topological polar surface area (TPSA) is 53.9 Å². The van der Waals surface area contributed by atoms with Crippen LogP contribution in [-0.4, -0.2) is 49.1 Å². The summed E-state index contributed by atoms with van der Waals surface area (Å²) >= 11 is 0. The van der Waals surface area contributed by atoms with E-state index >= 15 is 0 Å². The number of ether oxygens (including phenoxy) is 1. The van der Waals surface area contributed by atoms with E-state index in [9.17, 15) is 4.79 Å². The summed E-state index contributed by atoms with van der Waals surface area (Å²) < 4.78 is 5.48. The zero-order chi connectivity index (χ0) is 15.7. The van der Waals surface area contributed by atoms with E-state index in [2.05, 4.69) is 22.1 Å². The molecule has 128 valence electrons. The smallest absolute Gasteiger partial charge is 0.311 e. The van der Waals surface area contributed by atoms with E-state index < -0.39 is 5.60 Å². The van der Waals surface area contributed by atoms with Crippen LogP contribution in [0, 0.1) is 11.3 Å². The maximum absolute atomic E-state index is 12.1. The number of halogens is 1. The minimum absolute atomic E-state index is 0. The Balaban J connectivity index is 0.00000242. The molecule has 2 fully saturated rings. The summed E-state index contributed by atoms with van der Waals surface area (Å²) in [5, 5.41) is 3.45. The van der Waals surface area contributed by atoms with Crippen LogP contribution in [0.25, 0.3) is 0 Å². The highest BCUT2D eigenvalue weighted by atomic mass is 127. The van der Waals surface area contributed by atoms with Gasteiger partial charge in [0, 0.05) is 26.7 Å². The molecule has 1 aliphatic heterocycles. The molecule has 22 heavy (non-hydrogen) atoms. The number of nitrogens with zero attached hydrogens (tertiary/aromatic N) is 2. The Morgan fingerprint density at radius 2 is 2.05 bits per heavy atom. The molecule has 0 amide bonds. The van der Waals surface area contributed by atoms with E-state index in [0.717, 1.165) is 25.5 Å². The van der Waals surface area contributed by atoms with Crippen molar-refractivity contribution < 1.29 is 9.53 Å². The van der Waals surface area contributed by atoms with Crippen LogP contribution in [0.5, 0.6) is 0 Å². The van der Waals surface area contributed by atoms with Gasteiger partial charge in [0.25, 0.3) is 0 Å². The second-order valence-corrected chi connectivity index (χ2v) is 7.68. The number of esters is 1. The molecule has 6 heteroatoms. The number of guanidine groups is 1. The molecule has 1 N–H and O–H groups in total. The molecular weight excluding hydrogens is 393 g/mol. The van der Waals surface area contributed by atoms with Crippen molar-refractivity contribution in [1.29, 1.82) is 0 Å². The molecule has 2 rings (SSSR count). The highest BCUT2D eigenvalue weighted by molar-refractivity contribution is 14.0. The Morgan fingerprint density at radius 3 is 2.55 bits per heavy atom. The van der Waals surface area contributed by atoms with Crippen molar-refractivity contribution in [2.24, 2.45) is 16.3 Å². The summed E-state index contributed by atoms with van der Waals surface area (Å²) in [5.41, 5.74) is 0.0330. The minimum Gasteiger partial charge on any atom is -0.460 e. The van der Waals surface area contributed by atoms with Crippen LogP contribution >= 0.6 is 24.0 Å². The molecule has 1 heterocycles. The molecule has 0 aromatic rings. The predicted molar refractivity (Wildman–Crippen MR) is 99.6 cm³/mol. The maximum atomic E-state index is 12.1. The lowest BCUT2D eigenvalue weighted by molar-refractivity contribution is -0.159. The number of nitrogens with one attached hydrogen (secondary N) is 1. The van der Waals surface area contributed by atoms with Crippen molar-refractivity contribution in [2.75, 3.05) is 26.7 Å². The lowest BCUT2D eigenvalue weighted by Crippen LogP contribution is -2.42. The van der Waals surface area contributed by atoms with Gasteiger partial charge in [-0.2, -0.15) is 0 Å². The average molecular weight is 423 g/mol. The first kappa shape index (κ1) is 19.5. The molecule has 1 aliphatic carbocycles. The highest BCUT2D eigenvalue weighted by Crippen LogP contribution is 2.44. The molecule has 0 aromatic heterocycles. The van der Waals surface area contributed by atoms with Crippen LogP contribution in [0.3, 0.4) is 0 Å². The van der Waals surface area contributed by atoms with Crippen molar-refractivity contribution in [2.45, 2.75) is 52.6 Å². The average Bonchev–Trinajstić information content (AvgIpc) is 2.90. The van der Waals surface area contributed by atoms with Gasteiger partial charge in [-0.05, 0) is 45.4 Å². The van der Waals surface area contributed by atoms with Crippen molar-refractivity contribution >= 4 is 35.9 Å². The van der Waals surface area contributed by atoms with Gasteiger partial charge in [0.15, 0.2) is 5.96 Å². The predicted octanol–water partition coefficient (Wildman–Crippen LogP) is 2.64. The fraction of sp³-hybridized carbons (Fsp3) is 0.875. The minimum atomic E-state index is -0.412. The SMILES string of the molecule is CN=C(NCC1(C)CC1)N1CCC(C(=O)OC(C)(C)C)C1.I. The first-order chi connectivity index (χ1) is 9.72. The Kier molecular flexibility index (Phi) is 6.53. The van der Waals surface area contributed by atoms with Crippen LogP contribution in [0.1, 0.15) is 47.0 Å². The molecule has 1 unspecified atom stereocenters. The van der Waals surface area contributed by atoms with Crippen molar-refractivity contribution in [3.05, 3.63) is 0 Å². The first-order valence-corrected chi connectivity index (χ1v) is 7.91. The third-order valence-corrected chi connectivity index (χ3v) is 4.22. The maximum Gasteiger partial charge on any atom is 0.311 e. The van der Waals surface area contributed by atoms with E-state index in [1.807, 2.05) is 20.8 Å². The quantitative estimate of drug-likeness (QED) is 0.328. The van der Waals surface area contributed by atoms with E-state index in [0.29, 0.717) is 12.0 Å². The number of likely N-dealkylation sites (tertiary alicyclic amines) is 1. The number of aliphatic imine (C=N–C) groups is 1. The van der Waals surface area contributed by atoms with Gasteiger partial charge in [0.1, 0.15) is 5.60 Å². The van der Waals surface area contributed by atoms with Gasteiger partial charge >= 0.3 is 5.97 Å². The molecule has 1 saturated heterocycles. The van der Waals surface area contributed by atoms with Crippen LogP contribution in [0.2, 0.25) is 0 Å². The fourth-order valence-electron chi connectivity index (χ4n) is 2.55. The highest BCUT2D eigenvalue weighted by Gasteiger charge is 2.38. The number of hydrogen-bond donors (Lipinski definition) is 1. The lowest BCUT2D eigenvalue weighted by Gasteiger charge is -2.24. The Bertz CT molecular complexity index is 428. The van der Waals surface area contributed by atoms with Crippen LogP contribution in [0.4, 0.5) is 0 Å². The summed E-state index contributed by atoms with van der Waals surface area (Å²) in [6.07, 6.45) is 3.42. The molecular formula is C16H30IN3O2. The summed E-state index contributed by atoms with van der Waals surface area (Å²) in [6, 6.07) is 0. The Hall–Kier alpha value is -0.530. The van der Waals surface area contributed by atoms with E-state index in [1.54, 1.807) is 7.05 Å². The number of hydrogen-bond acceptors (Lipinski definition) is 3. The third-order valence-electron chi connectivity index (χ3n) is 4.22. The lowest BCUT2D eigenvalue weighted by atomic mass is 10.1. The van der Waals surface area contributed by atoms with Crippen molar-refractivity contribution in [3.8, 4) is 0 Å². The molecule has 0 radical (unpaired) electrons. The van der Waals surface area contributed by atoms with Crippen molar-refractivity contribution in [1.82, 2.24) is 10.2 Å². The first-order valence-electron chi connectivity index (χ1n) is 7.91. The zero-order valence-corrected chi connectivity index (χ0v) is 16.8. The molecule has 0 aromatic carbocycles. The van der Waals surface area contributed by atoms with Gasteiger partial charge < -0.3 is 15.0 Å². The molecule has 1 atom stereocenters. The zero-order valence-electron chi connectivity index (χ0n) is 14.4. The van der Waals surface area contributed by atoms with E-state index in [1.165, 1.54) is 12.8 Å². The number of carbonyl (C=O) groups excluding carboxylic acids is 1. The number of carbonyl (C=O) groups is 1. The normalized spacial score (nSPS) is 23.8. The Morgan fingerprint density at radius 1 is 1.41 bits per heavy atom. The molecule has 0 bridgehead atoms. The van der Waals surface area contributed by atoms with Crippen LogP contribution in [-0.2, 0) is 9.53 Å². The molecule has 2 aliphatic rings. The van der Waals surface area contributed by atoms with Gasteiger partial charge in [-0.25, -0.2) is 0 Å². The van der Waals surface area contributed by atoms with Gasteiger partial charge in [-0.1, -0.05) is 6.92 Å².